The van der Waals surface area contributed by atoms with Crippen molar-refractivity contribution in [2.24, 2.45) is 0 Å². The SMILES string of the molecule is CNc1cnncc1C(C)C. The third-order valence-corrected chi connectivity index (χ3v) is 1.65. The fraction of sp³-hybridized carbons (Fsp3) is 0.500. The number of nitrogens with zero attached hydrogens (tertiary/aromatic N) is 2. The van der Waals surface area contributed by atoms with Crippen LogP contribution in [0.3, 0.4) is 0 Å². The average molecular weight is 151 g/mol. The monoisotopic (exact) mass is 151 g/mol. The fourth-order valence-electron chi connectivity index (χ4n) is 1.000. The van der Waals surface area contributed by atoms with Crippen LogP contribution in [0.15, 0.2) is 12.4 Å². The van der Waals surface area contributed by atoms with Gasteiger partial charge in [0.2, 0.25) is 0 Å². The molecule has 0 spiro atoms. The minimum absolute atomic E-state index is 0.493. The molecule has 0 aliphatic carbocycles. The van der Waals surface area contributed by atoms with Gasteiger partial charge in [-0.1, -0.05) is 13.8 Å². The molecule has 0 saturated heterocycles. The van der Waals surface area contributed by atoms with Crippen LogP contribution < -0.4 is 5.32 Å². The van der Waals surface area contributed by atoms with Gasteiger partial charge in [0.25, 0.3) is 0 Å². The molecule has 1 aromatic heterocycles. The topological polar surface area (TPSA) is 37.8 Å². The van der Waals surface area contributed by atoms with Crippen LogP contribution in [0.1, 0.15) is 25.3 Å². The predicted octanol–water partition coefficient (Wildman–Crippen LogP) is 1.64. The van der Waals surface area contributed by atoms with Gasteiger partial charge in [-0.15, -0.1) is 0 Å². The Morgan fingerprint density at radius 1 is 1.27 bits per heavy atom. The Balaban J connectivity index is 3.02. The summed E-state index contributed by atoms with van der Waals surface area (Å²) in [4.78, 5) is 0. The highest BCUT2D eigenvalue weighted by Crippen LogP contribution is 2.20. The highest BCUT2D eigenvalue weighted by atomic mass is 15.1. The summed E-state index contributed by atoms with van der Waals surface area (Å²) in [6, 6.07) is 0. The molecule has 0 radical (unpaired) electrons. The van der Waals surface area contributed by atoms with Gasteiger partial charge in [-0.2, -0.15) is 10.2 Å². The van der Waals surface area contributed by atoms with Crippen molar-refractivity contribution in [1.82, 2.24) is 10.2 Å². The van der Waals surface area contributed by atoms with Gasteiger partial charge in [0.15, 0.2) is 0 Å². The molecule has 1 rings (SSSR count). The van der Waals surface area contributed by atoms with Crippen molar-refractivity contribution in [3.8, 4) is 0 Å². The third kappa shape index (κ3) is 1.67. The third-order valence-electron chi connectivity index (χ3n) is 1.65. The van der Waals surface area contributed by atoms with Crippen molar-refractivity contribution in [3.63, 3.8) is 0 Å². The molecule has 0 amide bonds. The van der Waals surface area contributed by atoms with E-state index in [2.05, 4.69) is 29.4 Å². The molecule has 60 valence electrons. The van der Waals surface area contributed by atoms with Crippen molar-refractivity contribution in [3.05, 3.63) is 18.0 Å². The molecule has 0 aromatic carbocycles. The summed E-state index contributed by atoms with van der Waals surface area (Å²) >= 11 is 0. The zero-order chi connectivity index (χ0) is 8.27. The molecule has 0 aliphatic rings. The molecule has 0 atom stereocenters. The van der Waals surface area contributed by atoms with Crippen LogP contribution >= 0.6 is 0 Å². The van der Waals surface area contributed by atoms with E-state index >= 15 is 0 Å². The Kier molecular flexibility index (Phi) is 2.41. The molecular formula is C8H13N3. The smallest absolute Gasteiger partial charge is 0.0730 e. The van der Waals surface area contributed by atoms with Gasteiger partial charge >= 0.3 is 0 Å². The summed E-state index contributed by atoms with van der Waals surface area (Å²) in [5.74, 6) is 0.493. The fourth-order valence-corrected chi connectivity index (χ4v) is 1.000. The molecule has 0 bridgehead atoms. The van der Waals surface area contributed by atoms with Crippen LogP contribution in [0, 0.1) is 0 Å². The number of rotatable bonds is 2. The van der Waals surface area contributed by atoms with Crippen LogP contribution in [0.2, 0.25) is 0 Å². The van der Waals surface area contributed by atoms with Gasteiger partial charge in [0, 0.05) is 7.05 Å². The maximum absolute atomic E-state index is 3.82. The largest absolute Gasteiger partial charge is 0.387 e. The van der Waals surface area contributed by atoms with Crippen molar-refractivity contribution in [1.29, 1.82) is 0 Å². The first kappa shape index (κ1) is 7.98. The molecule has 3 nitrogen and oxygen atoms in total. The summed E-state index contributed by atoms with van der Waals surface area (Å²) in [7, 11) is 1.89. The first-order chi connectivity index (χ1) is 5.25. The molecular weight excluding hydrogens is 138 g/mol. The van der Waals surface area contributed by atoms with Gasteiger partial charge < -0.3 is 5.32 Å². The van der Waals surface area contributed by atoms with Crippen molar-refractivity contribution < 1.29 is 0 Å². The van der Waals surface area contributed by atoms with E-state index in [0.717, 1.165) is 5.69 Å². The molecule has 0 fully saturated rings. The highest BCUT2D eigenvalue weighted by molar-refractivity contribution is 5.48. The zero-order valence-electron chi connectivity index (χ0n) is 7.13. The van der Waals surface area contributed by atoms with Crippen LogP contribution in [-0.4, -0.2) is 17.2 Å². The molecule has 3 heteroatoms. The van der Waals surface area contributed by atoms with Gasteiger partial charge in [0.1, 0.15) is 0 Å². The van der Waals surface area contributed by atoms with E-state index in [1.807, 2.05) is 7.05 Å². The lowest BCUT2D eigenvalue weighted by atomic mass is 10.1. The minimum atomic E-state index is 0.493. The number of hydrogen-bond donors (Lipinski definition) is 1. The molecule has 1 N–H and O–H groups in total. The second-order valence-electron chi connectivity index (χ2n) is 2.76. The Morgan fingerprint density at radius 2 is 1.91 bits per heavy atom. The summed E-state index contributed by atoms with van der Waals surface area (Å²) in [5.41, 5.74) is 2.28. The van der Waals surface area contributed by atoms with Crippen LogP contribution in [-0.2, 0) is 0 Å². The maximum atomic E-state index is 3.82. The lowest BCUT2D eigenvalue weighted by Gasteiger charge is -2.09. The van der Waals surface area contributed by atoms with E-state index < -0.39 is 0 Å². The number of aromatic nitrogens is 2. The molecule has 11 heavy (non-hydrogen) atoms. The van der Waals surface area contributed by atoms with E-state index in [1.165, 1.54) is 5.56 Å². The Morgan fingerprint density at radius 3 is 2.36 bits per heavy atom. The minimum Gasteiger partial charge on any atom is -0.387 e. The van der Waals surface area contributed by atoms with Gasteiger partial charge in [0.05, 0.1) is 18.1 Å². The summed E-state index contributed by atoms with van der Waals surface area (Å²) < 4.78 is 0. The van der Waals surface area contributed by atoms with Crippen molar-refractivity contribution >= 4 is 5.69 Å². The van der Waals surface area contributed by atoms with Gasteiger partial charge in [-0.3, -0.25) is 0 Å². The number of hydrogen-bond acceptors (Lipinski definition) is 3. The second-order valence-corrected chi connectivity index (χ2v) is 2.76. The van der Waals surface area contributed by atoms with Crippen LogP contribution in [0.4, 0.5) is 5.69 Å². The quantitative estimate of drug-likeness (QED) is 0.698. The molecule has 1 aromatic rings. The van der Waals surface area contributed by atoms with Crippen LogP contribution in [0.5, 0.6) is 0 Å². The zero-order valence-corrected chi connectivity index (χ0v) is 7.13. The van der Waals surface area contributed by atoms with E-state index in [-0.39, 0.29) is 0 Å². The van der Waals surface area contributed by atoms with Crippen molar-refractivity contribution in [2.75, 3.05) is 12.4 Å². The number of anilines is 1. The van der Waals surface area contributed by atoms with Crippen molar-refractivity contribution in [2.45, 2.75) is 19.8 Å². The average Bonchev–Trinajstić information content (AvgIpc) is 2.04. The molecule has 0 aliphatic heterocycles. The van der Waals surface area contributed by atoms with E-state index in [1.54, 1.807) is 12.4 Å². The van der Waals surface area contributed by atoms with Gasteiger partial charge in [-0.05, 0) is 11.5 Å². The summed E-state index contributed by atoms with van der Waals surface area (Å²) in [6.45, 7) is 4.27. The molecule has 0 unspecified atom stereocenters. The Labute approximate surface area is 66.8 Å². The van der Waals surface area contributed by atoms with Gasteiger partial charge in [-0.25, -0.2) is 0 Å². The standard InChI is InChI=1S/C8H13N3/c1-6(2)7-4-10-11-5-8(7)9-3/h4-6H,1-3H3,(H,9,10). The maximum Gasteiger partial charge on any atom is 0.0730 e. The highest BCUT2D eigenvalue weighted by Gasteiger charge is 2.04. The first-order valence-electron chi connectivity index (χ1n) is 3.74. The lowest BCUT2D eigenvalue weighted by molar-refractivity contribution is 0.843. The first-order valence-corrected chi connectivity index (χ1v) is 3.74. The summed E-state index contributed by atoms with van der Waals surface area (Å²) in [6.07, 6.45) is 3.55. The second kappa shape index (κ2) is 3.32. The van der Waals surface area contributed by atoms with E-state index in [0.29, 0.717) is 5.92 Å². The van der Waals surface area contributed by atoms with Crippen LogP contribution in [0.25, 0.3) is 0 Å². The summed E-state index contributed by atoms with van der Waals surface area (Å²) in [5, 5.41) is 10.7. The molecule has 0 saturated carbocycles. The lowest BCUT2D eigenvalue weighted by Crippen LogP contribution is -1.99. The Bertz CT molecular complexity index is 233. The molecule has 1 heterocycles. The normalized spacial score (nSPS) is 10.2. The Hall–Kier alpha value is -1.12. The van der Waals surface area contributed by atoms with E-state index in [9.17, 15) is 0 Å². The number of nitrogens with one attached hydrogen (secondary N) is 1. The predicted molar refractivity (Wildman–Crippen MR) is 45.7 cm³/mol. The van der Waals surface area contributed by atoms with E-state index in [4.69, 9.17) is 0 Å².